The Hall–Kier alpha value is -3.35. The van der Waals surface area contributed by atoms with Crippen LogP contribution in [0, 0.1) is 5.92 Å². The van der Waals surface area contributed by atoms with Gasteiger partial charge in [-0.05, 0) is 35.7 Å². The zero-order valence-electron chi connectivity index (χ0n) is 16.7. The second-order valence-electron chi connectivity index (χ2n) is 6.97. The Morgan fingerprint density at radius 1 is 1.00 bits per heavy atom. The zero-order chi connectivity index (χ0) is 21.4. The second kappa shape index (κ2) is 10.3. The Morgan fingerprint density at radius 3 is 2.14 bits per heavy atom. The van der Waals surface area contributed by atoms with Crippen LogP contribution in [0.3, 0.4) is 0 Å². The summed E-state index contributed by atoms with van der Waals surface area (Å²) in [5.41, 5.74) is 1.00. The van der Waals surface area contributed by atoms with Crippen LogP contribution in [0.4, 0.5) is 0 Å². The number of nitrogens with one attached hydrogen (secondary N) is 2. The van der Waals surface area contributed by atoms with Crippen molar-refractivity contribution in [3.63, 3.8) is 0 Å². The summed E-state index contributed by atoms with van der Waals surface area (Å²) in [6.07, 6.45) is 0. The van der Waals surface area contributed by atoms with Gasteiger partial charge in [0.05, 0.1) is 13.0 Å². The number of amides is 2. The maximum atomic E-state index is 12.7. The Labute approximate surface area is 170 Å². The maximum absolute atomic E-state index is 12.7. The van der Waals surface area contributed by atoms with Gasteiger partial charge in [-0.25, -0.2) is 0 Å². The van der Waals surface area contributed by atoms with Crippen molar-refractivity contribution in [2.45, 2.75) is 25.8 Å². The number of carboxylic acid groups (broad SMARTS) is 1. The van der Waals surface area contributed by atoms with Gasteiger partial charge in [-0.15, -0.1) is 0 Å². The fraction of sp³-hybridized carbons (Fsp3) is 0.318. The van der Waals surface area contributed by atoms with Crippen molar-refractivity contribution < 1.29 is 24.2 Å². The van der Waals surface area contributed by atoms with Gasteiger partial charge < -0.3 is 20.5 Å². The van der Waals surface area contributed by atoms with Gasteiger partial charge in [0.25, 0.3) is 5.91 Å². The van der Waals surface area contributed by atoms with Crippen LogP contribution >= 0.6 is 0 Å². The molecule has 0 saturated heterocycles. The fourth-order valence-corrected chi connectivity index (χ4v) is 2.85. The lowest BCUT2D eigenvalue weighted by molar-refractivity contribution is -0.138. The first kappa shape index (κ1) is 21.9. The molecule has 3 N–H and O–H groups in total. The van der Waals surface area contributed by atoms with Crippen LogP contribution in [0.15, 0.2) is 54.6 Å². The highest BCUT2D eigenvalue weighted by molar-refractivity contribution is 5.97. The Kier molecular flexibility index (Phi) is 7.77. The molecule has 7 nitrogen and oxygen atoms in total. The number of ether oxygens (including phenoxy) is 1. The predicted octanol–water partition coefficient (Wildman–Crippen LogP) is 2.43. The molecule has 29 heavy (non-hydrogen) atoms. The van der Waals surface area contributed by atoms with Crippen LogP contribution in [-0.4, -0.2) is 42.6 Å². The summed E-state index contributed by atoms with van der Waals surface area (Å²) >= 11 is 0. The quantitative estimate of drug-likeness (QED) is 0.602. The molecule has 0 fully saturated rings. The number of rotatable bonds is 9. The third-order valence-corrected chi connectivity index (χ3v) is 4.57. The standard InChI is InChI=1S/C22H26N2O5/c1-14(2)19(24-20(25)16-9-11-17(29-3)12-10-16)21(26)23-13-18(22(27)28)15-7-5-4-6-8-15/h4-12,14,18-19H,13H2,1-3H3,(H,23,26)(H,24,25)(H,27,28)/t18-,19-/m1/s1. The van der Waals surface area contributed by atoms with E-state index in [9.17, 15) is 19.5 Å². The maximum Gasteiger partial charge on any atom is 0.312 e. The van der Waals surface area contributed by atoms with E-state index >= 15 is 0 Å². The minimum atomic E-state index is -1.03. The van der Waals surface area contributed by atoms with E-state index in [0.717, 1.165) is 0 Å². The first-order valence-corrected chi connectivity index (χ1v) is 9.33. The molecule has 2 aromatic rings. The average Bonchev–Trinajstić information content (AvgIpc) is 2.72. The fourth-order valence-electron chi connectivity index (χ4n) is 2.85. The van der Waals surface area contributed by atoms with Crippen molar-refractivity contribution in [3.05, 3.63) is 65.7 Å². The first-order valence-electron chi connectivity index (χ1n) is 9.33. The van der Waals surface area contributed by atoms with Crippen molar-refractivity contribution in [1.29, 1.82) is 0 Å². The summed E-state index contributed by atoms with van der Waals surface area (Å²) in [7, 11) is 1.54. The molecule has 0 radical (unpaired) electrons. The second-order valence-corrected chi connectivity index (χ2v) is 6.97. The van der Waals surface area contributed by atoms with Gasteiger partial charge in [0, 0.05) is 12.1 Å². The molecule has 0 bridgehead atoms. The van der Waals surface area contributed by atoms with Gasteiger partial charge in [-0.1, -0.05) is 44.2 Å². The highest BCUT2D eigenvalue weighted by Gasteiger charge is 2.27. The van der Waals surface area contributed by atoms with E-state index in [1.165, 1.54) is 7.11 Å². The molecule has 0 unspecified atom stereocenters. The summed E-state index contributed by atoms with van der Waals surface area (Å²) in [5.74, 6) is -2.27. The van der Waals surface area contributed by atoms with E-state index < -0.39 is 23.8 Å². The minimum absolute atomic E-state index is 0.0696. The van der Waals surface area contributed by atoms with Crippen LogP contribution in [0.25, 0.3) is 0 Å². The van der Waals surface area contributed by atoms with E-state index in [4.69, 9.17) is 4.74 Å². The third kappa shape index (κ3) is 6.07. The molecule has 2 amide bonds. The van der Waals surface area contributed by atoms with Crippen molar-refractivity contribution >= 4 is 17.8 Å². The molecule has 7 heteroatoms. The van der Waals surface area contributed by atoms with Gasteiger partial charge >= 0.3 is 5.97 Å². The Bertz CT molecular complexity index is 834. The van der Waals surface area contributed by atoms with E-state index in [1.54, 1.807) is 54.6 Å². The zero-order valence-corrected chi connectivity index (χ0v) is 16.7. The topological polar surface area (TPSA) is 105 Å². The Morgan fingerprint density at radius 2 is 1.62 bits per heavy atom. The highest BCUT2D eigenvalue weighted by Crippen LogP contribution is 2.15. The van der Waals surface area contributed by atoms with Gasteiger partial charge in [0.1, 0.15) is 11.8 Å². The molecule has 2 atom stereocenters. The normalized spacial score (nSPS) is 12.7. The molecule has 0 heterocycles. The number of methoxy groups -OCH3 is 1. The smallest absolute Gasteiger partial charge is 0.312 e. The van der Waals surface area contributed by atoms with Crippen LogP contribution in [0.1, 0.15) is 35.7 Å². The summed E-state index contributed by atoms with van der Waals surface area (Å²) in [6, 6.07) is 14.5. The van der Waals surface area contributed by atoms with Crippen LogP contribution in [-0.2, 0) is 9.59 Å². The van der Waals surface area contributed by atoms with Crippen molar-refractivity contribution in [1.82, 2.24) is 10.6 Å². The number of hydrogen-bond acceptors (Lipinski definition) is 4. The number of aliphatic carboxylic acids is 1. The average molecular weight is 398 g/mol. The van der Waals surface area contributed by atoms with E-state index in [-0.39, 0.29) is 18.4 Å². The number of benzene rings is 2. The number of hydrogen-bond donors (Lipinski definition) is 3. The van der Waals surface area contributed by atoms with E-state index in [2.05, 4.69) is 10.6 Å². The van der Waals surface area contributed by atoms with E-state index in [0.29, 0.717) is 16.9 Å². The molecule has 0 aliphatic heterocycles. The molecule has 0 spiro atoms. The molecule has 0 aliphatic carbocycles. The summed E-state index contributed by atoms with van der Waals surface area (Å²) in [5, 5.41) is 14.9. The van der Waals surface area contributed by atoms with Crippen LogP contribution in [0.2, 0.25) is 0 Å². The number of carbonyl (C=O) groups is 3. The van der Waals surface area contributed by atoms with Gasteiger partial charge in [-0.3, -0.25) is 14.4 Å². The molecule has 0 aliphatic rings. The molecule has 2 rings (SSSR count). The summed E-state index contributed by atoms with van der Waals surface area (Å²) in [6.45, 7) is 3.55. The van der Waals surface area contributed by atoms with Gasteiger partial charge in [-0.2, -0.15) is 0 Å². The largest absolute Gasteiger partial charge is 0.497 e. The molecule has 0 aromatic heterocycles. The lowest BCUT2D eigenvalue weighted by atomic mass is 9.98. The molecular formula is C22H26N2O5. The molecule has 154 valence electrons. The lowest BCUT2D eigenvalue weighted by Gasteiger charge is -2.23. The van der Waals surface area contributed by atoms with Crippen molar-refractivity contribution in [3.8, 4) is 5.75 Å². The molecule has 2 aromatic carbocycles. The SMILES string of the molecule is COc1ccc(C(=O)N[C@@H](C(=O)NC[C@@H](C(=O)O)c2ccccc2)C(C)C)cc1. The number of carboxylic acids is 1. The Balaban J connectivity index is 2.04. The summed E-state index contributed by atoms with van der Waals surface area (Å²) < 4.78 is 5.07. The minimum Gasteiger partial charge on any atom is -0.497 e. The first-order chi connectivity index (χ1) is 13.8. The van der Waals surface area contributed by atoms with Gasteiger partial charge in [0.2, 0.25) is 5.91 Å². The van der Waals surface area contributed by atoms with Crippen molar-refractivity contribution in [2.24, 2.45) is 5.92 Å². The van der Waals surface area contributed by atoms with Crippen molar-refractivity contribution in [2.75, 3.05) is 13.7 Å². The lowest BCUT2D eigenvalue weighted by Crippen LogP contribution is -2.50. The van der Waals surface area contributed by atoms with Gasteiger partial charge in [0.15, 0.2) is 0 Å². The van der Waals surface area contributed by atoms with Crippen LogP contribution in [0.5, 0.6) is 5.75 Å². The van der Waals surface area contributed by atoms with E-state index in [1.807, 2.05) is 13.8 Å². The predicted molar refractivity (Wildman–Crippen MR) is 109 cm³/mol. The molecular weight excluding hydrogens is 372 g/mol. The summed E-state index contributed by atoms with van der Waals surface area (Å²) in [4.78, 5) is 36.8. The third-order valence-electron chi connectivity index (χ3n) is 4.57. The van der Waals surface area contributed by atoms with Crippen LogP contribution < -0.4 is 15.4 Å². The highest BCUT2D eigenvalue weighted by atomic mass is 16.5. The number of carbonyl (C=O) groups excluding carboxylic acids is 2. The molecule has 0 saturated carbocycles. The monoisotopic (exact) mass is 398 g/mol.